The van der Waals surface area contributed by atoms with Crippen molar-refractivity contribution in [2.75, 3.05) is 7.11 Å². The molecule has 0 radical (unpaired) electrons. The minimum absolute atomic E-state index is 0.0195. The SMILES string of the molecule is COc1cc(C2NC(=O)NC(C)=C2C(=O)OC(C)(C)C)cc(C)c1O. The predicted molar refractivity (Wildman–Crippen MR) is 92.3 cm³/mol. The van der Waals surface area contributed by atoms with Gasteiger partial charge in [-0.1, -0.05) is 0 Å². The molecule has 1 heterocycles. The molecule has 0 aliphatic carbocycles. The van der Waals surface area contributed by atoms with Crippen LogP contribution < -0.4 is 15.4 Å². The highest BCUT2D eigenvalue weighted by molar-refractivity contribution is 5.95. The highest BCUT2D eigenvalue weighted by atomic mass is 16.6. The Labute approximate surface area is 147 Å². The van der Waals surface area contributed by atoms with Crippen molar-refractivity contribution in [2.24, 2.45) is 0 Å². The number of urea groups is 1. The Morgan fingerprint density at radius 1 is 1.24 bits per heavy atom. The number of aryl methyl sites for hydroxylation is 1. The molecule has 2 amide bonds. The monoisotopic (exact) mass is 348 g/mol. The second kappa shape index (κ2) is 6.66. The smallest absolute Gasteiger partial charge is 0.338 e. The van der Waals surface area contributed by atoms with Gasteiger partial charge in [0.1, 0.15) is 5.60 Å². The number of phenols is 1. The number of hydrogen-bond donors (Lipinski definition) is 3. The van der Waals surface area contributed by atoms with Crippen LogP contribution in [0.5, 0.6) is 11.5 Å². The van der Waals surface area contributed by atoms with E-state index in [0.29, 0.717) is 22.4 Å². The lowest BCUT2D eigenvalue weighted by Gasteiger charge is -2.30. The average Bonchev–Trinajstić information content (AvgIpc) is 2.47. The number of ether oxygens (including phenoxy) is 2. The number of aromatic hydroxyl groups is 1. The van der Waals surface area contributed by atoms with E-state index in [1.807, 2.05) is 0 Å². The molecule has 0 fully saturated rings. The number of hydrogen-bond acceptors (Lipinski definition) is 5. The fraction of sp³-hybridized carbons (Fsp3) is 0.444. The summed E-state index contributed by atoms with van der Waals surface area (Å²) >= 11 is 0. The summed E-state index contributed by atoms with van der Waals surface area (Å²) in [5.41, 5.74) is 1.25. The molecule has 1 aromatic carbocycles. The predicted octanol–water partition coefficient (Wildman–Crippen LogP) is 2.68. The summed E-state index contributed by atoms with van der Waals surface area (Å²) in [6.07, 6.45) is 0. The molecule has 0 spiro atoms. The standard InChI is InChI=1S/C18H24N2O5/c1-9-7-11(8-12(24-6)15(9)21)14-13(10(2)19-17(23)20-14)16(22)25-18(3,4)5/h7-8,14,21H,1-6H3,(H2,19,20,23). The third kappa shape index (κ3) is 4.04. The fourth-order valence-electron chi connectivity index (χ4n) is 2.64. The van der Waals surface area contributed by atoms with Crippen molar-refractivity contribution in [3.8, 4) is 11.5 Å². The van der Waals surface area contributed by atoms with Crippen molar-refractivity contribution in [2.45, 2.75) is 46.3 Å². The van der Waals surface area contributed by atoms with Gasteiger partial charge in [-0.3, -0.25) is 0 Å². The van der Waals surface area contributed by atoms with Gasteiger partial charge in [0, 0.05) is 5.70 Å². The van der Waals surface area contributed by atoms with Gasteiger partial charge in [-0.05, 0) is 57.9 Å². The van der Waals surface area contributed by atoms with Crippen molar-refractivity contribution in [1.29, 1.82) is 0 Å². The van der Waals surface area contributed by atoms with E-state index in [-0.39, 0.29) is 11.5 Å². The van der Waals surface area contributed by atoms with Crippen LogP contribution in [0.4, 0.5) is 4.79 Å². The molecule has 1 aliphatic rings. The maximum atomic E-state index is 12.7. The number of allylic oxidation sites excluding steroid dienone is 1. The summed E-state index contributed by atoms with van der Waals surface area (Å²) < 4.78 is 10.7. The lowest BCUT2D eigenvalue weighted by atomic mass is 9.93. The van der Waals surface area contributed by atoms with Crippen LogP contribution in [0.3, 0.4) is 0 Å². The first-order valence-corrected chi connectivity index (χ1v) is 7.92. The first kappa shape index (κ1) is 18.6. The Balaban J connectivity index is 2.53. The summed E-state index contributed by atoms with van der Waals surface area (Å²) in [4.78, 5) is 24.6. The van der Waals surface area contributed by atoms with Crippen molar-refractivity contribution in [1.82, 2.24) is 10.6 Å². The number of methoxy groups -OCH3 is 1. The quantitative estimate of drug-likeness (QED) is 0.730. The molecule has 0 saturated heterocycles. The van der Waals surface area contributed by atoms with Crippen LogP contribution in [0, 0.1) is 6.92 Å². The topological polar surface area (TPSA) is 96.9 Å². The maximum absolute atomic E-state index is 12.7. The molecule has 0 bridgehead atoms. The normalized spacial score (nSPS) is 17.7. The zero-order valence-corrected chi connectivity index (χ0v) is 15.3. The molecule has 0 saturated carbocycles. The molecule has 136 valence electrons. The van der Waals surface area contributed by atoms with E-state index in [2.05, 4.69) is 10.6 Å². The number of carbonyl (C=O) groups excluding carboxylic acids is 2. The van der Waals surface area contributed by atoms with Crippen molar-refractivity contribution < 1.29 is 24.2 Å². The van der Waals surface area contributed by atoms with Gasteiger partial charge in [-0.15, -0.1) is 0 Å². The molecule has 1 aliphatic heterocycles. The number of esters is 1. The van der Waals surface area contributed by atoms with Gasteiger partial charge >= 0.3 is 12.0 Å². The van der Waals surface area contributed by atoms with E-state index in [1.54, 1.807) is 46.8 Å². The number of phenolic OH excluding ortho intramolecular Hbond substituents is 1. The molecule has 2 rings (SSSR count). The molecule has 7 nitrogen and oxygen atoms in total. The van der Waals surface area contributed by atoms with E-state index in [9.17, 15) is 14.7 Å². The molecular formula is C18H24N2O5. The average molecular weight is 348 g/mol. The number of carbonyl (C=O) groups is 2. The minimum atomic E-state index is -0.711. The third-order valence-electron chi connectivity index (χ3n) is 3.73. The van der Waals surface area contributed by atoms with Crippen LogP contribution in [-0.2, 0) is 9.53 Å². The van der Waals surface area contributed by atoms with Crippen molar-refractivity contribution in [3.63, 3.8) is 0 Å². The second-order valence-corrected chi connectivity index (χ2v) is 6.96. The second-order valence-electron chi connectivity index (χ2n) is 6.96. The van der Waals surface area contributed by atoms with Gasteiger partial charge in [-0.2, -0.15) is 0 Å². The van der Waals surface area contributed by atoms with Crippen LogP contribution in [0.1, 0.15) is 44.9 Å². The summed E-state index contributed by atoms with van der Waals surface area (Å²) in [6.45, 7) is 8.69. The molecule has 3 N–H and O–H groups in total. The lowest BCUT2D eigenvalue weighted by Crippen LogP contribution is -2.46. The molecule has 25 heavy (non-hydrogen) atoms. The zero-order valence-electron chi connectivity index (χ0n) is 15.3. The number of rotatable bonds is 3. The largest absolute Gasteiger partial charge is 0.504 e. The van der Waals surface area contributed by atoms with E-state index >= 15 is 0 Å². The number of benzene rings is 1. The van der Waals surface area contributed by atoms with E-state index in [0.717, 1.165) is 0 Å². The maximum Gasteiger partial charge on any atom is 0.338 e. The molecular weight excluding hydrogens is 324 g/mol. The molecule has 7 heteroatoms. The first-order valence-electron chi connectivity index (χ1n) is 7.92. The Kier molecular flexibility index (Phi) is 4.97. The van der Waals surface area contributed by atoms with Gasteiger partial charge in [-0.25, -0.2) is 9.59 Å². The summed E-state index contributed by atoms with van der Waals surface area (Å²) in [6, 6.07) is 2.17. The highest BCUT2D eigenvalue weighted by Gasteiger charge is 2.34. The Morgan fingerprint density at radius 2 is 1.88 bits per heavy atom. The highest BCUT2D eigenvalue weighted by Crippen LogP contribution is 2.36. The number of amides is 2. The van der Waals surface area contributed by atoms with E-state index in [4.69, 9.17) is 9.47 Å². The first-order chi connectivity index (χ1) is 11.5. The van der Waals surface area contributed by atoms with Gasteiger partial charge < -0.3 is 25.2 Å². The third-order valence-corrected chi connectivity index (χ3v) is 3.73. The van der Waals surface area contributed by atoms with Crippen molar-refractivity contribution >= 4 is 12.0 Å². The lowest BCUT2D eigenvalue weighted by molar-refractivity contribution is -0.150. The Bertz CT molecular complexity index is 747. The molecule has 1 aromatic rings. The Morgan fingerprint density at radius 3 is 2.44 bits per heavy atom. The van der Waals surface area contributed by atoms with Crippen LogP contribution >= 0.6 is 0 Å². The summed E-state index contributed by atoms with van der Waals surface area (Å²) in [5.74, 6) is -0.234. The van der Waals surface area contributed by atoms with E-state index in [1.165, 1.54) is 7.11 Å². The Hall–Kier alpha value is -2.70. The summed E-state index contributed by atoms with van der Waals surface area (Å²) in [7, 11) is 1.44. The molecule has 1 unspecified atom stereocenters. The van der Waals surface area contributed by atoms with Crippen LogP contribution in [-0.4, -0.2) is 29.8 Å². The van der Waals surface area contributed by atoms with Gasteiger partial charge in [0.25, 0.3) is 0 Å². The zero-order chi connectivity index (χ0) is 18.9. The van der Waals surface area contributed by atoms with E-state index < -0.39 is 23.6 Å². The molecule has 1 atom stereocenters. The summed E-state index contributed by atoms with van der Waals surface area (Å²) in [5, 5.41) is 15.4. The van der Waals surface area contributed by atoms with Gasteiger partial charge in [0.15, 0.2) is 11.5 Å². The van der Waals surface area contributed by atoms with Gasteiger partial charge in [0.2, 0.25) is 0 Å². The van der Waals surface area contributed by atoms with Crippen LogP contribution in [0.15, 0.2) is 23.4 Å². The number of nitrogens with one attached hydrogen (secondary N) is 2. The van der Waals surface area contributed by atoms with Crippen LogP contribution in [0.2, 0.25) is 0 Å². The van der Waals surface area contributed by atoms with Gasteiger partial charge in [0.05, 0.1) is 18.7 Å². The van der Waals surface area contributed by atoms with Crippen molar-refractivity contribution in [3.05, 3.63) is 34.5 Å². The minimum Gasteiger partial charge on any atom is -0.504 e. The fourth-order valence-corrected chi connectivity index (χ4v) is 2.64. The molecule has 0 aromatic heterocycles. The van der Waals surface area contributed by atoms with Crippen LogP contribution in [0.25, 0.3) is 0 Å².